The maximum atomic E-state index is 11.0. The van der Waals surface area contributed by atoms with E-state index in [1.807, 2.05) is 0 Å². The Bertz CT molecular complexity index is 277. The van der Waals surface area contributed by atoms with Gasteiger partial charge in [-0.2, -0.15) is 0 Å². The predicted octanol–water partition coefficient (Wildman–Crippen LogP) is 0.529. The number of ether oxygens (including phenoxy) is 4. The van der Waals surface area contributed by atoms with Gasteiger partial charge in [-0.05, 0) is 0 Å². The van der Waals surface area contributed by atoms with Gasteiger partial charge in [0.05, 0.1) is 52.9 Å². The van der Waals surface area contributed by atoms with Gasteiger partial charge >= 0.3 is 0 Å². The van der Waals surface area contributed by atoms with Crippen molar-refractivity contribution in [3.8, 4) is 0 Å². The summed E-state index contributed by atoms with van der Waals surface area (Å²) in [6.07, 6.45) is 0. The third-order valence-corrected chi connectivity index (χ3v) is 3.02. The molecular formula is C16H34N2O5. The Labute approximate surface area is 140 Å². The summed E-state index contributed by atoms with van der Waals surface area (Å²) in [6.45, 7) is 11.8. The molecule has 0 aliphatic heterocycles. The molecule has 0 saturated carbocycles. The summed E-state index contributed by atoms with van der Waals surface area (Å²) in [4.78, 5) is 12.6. The van der Waals surface area contributed by atoms with Gasteiger partial charge in [0.1, 0.15) is 0 Å². The van der Waals surface area contributed by atoms with Crippen LogP contribution in [0.5, 0.6) is 0 Å². The molecule has 0 saturated heterocycles. The molecule has 7 heteroatoms. The molecule has 7 nitrogen and oxygen atoms in total. The molecule has 0 bridgehead atoms. The number of hydrogen-bond donors (Lipinski definition) is 1. The Balaban J connectivity index is 3.07. The van der Waals surface area contributed by atoms with Crippen molar-refractivity contribution in [3.63, 3.8) is 0 Å². The quantitative estimate of drug-likeness (QED) is 0.415. The summed E-state index contributed by atoms with van der Waals surface area (Å²) in [7, 11) is 1.75. The van der Waals surface area contributed by atoms with Crippen LogP contribution in [0.15, 0.2) is 0 Å². The molecule has 0 atom stereocenters. The minimum atomic E-state index is 0.0437. The van der Waals surface area contributed by atoms with Gasteiger partial charge in [-0.25, -0.2) is 0 Å². The molecule has 0 aromatic rings. The van der Waals surface area contributed by atoms with Crippen LogP contribution in [-0.4, -0.2) is 89.8 Å². The summed E-state index contributed by atoms with van der Waals surface area (Å²) >= 11 is 0. The van der Waals surface area contributed by atoms with Crippen molar-refractivity contribution in [3.05, 3.63) is 0 Å². The van der Waals surface area contributed by atoms with Crippen LogP contribution in [0.25, 0.3) is 0 Å². The van der Waals surface area contributed by atoms with Gasteiger partial charge in [0.25, 0.3) is 0 Å². The van der Waals surface area contributed by atoms with Crippen molar-refractivity contribution < 1.29 is 23.7 Å². The molecule has 0 fully saturated rings. The first-order valence-corrected chi connectivity index (χ1v) is 8.30. The van der Waals surface area contributed by atoms with E-state index in [0.717, 1.165) is 6.54 Å². The molecular weight excluding hydrogens is 300 g/mol. The van der Waals surface area contributed by atoms with E-state index in [4.69, 9.17) is 18.9 Å². The average Bonchev–Trinajstić information content (AvgIpc) is 2.50. The Morgan fingerprint density at radius 1 is 0.870 bits per heavy atom. The van der Waals surface area contributed by atoms with Crippen molar-refractivity contribution in [2.24, 2.45) is 0 Å². The van der Waals surface area contributed by atoms with E-state index in [0.29, 0.717) is 65.4 Å². The Morgan fingerprint density at radius 2 is 1.30 bits per heavy atom. The zero-order valence-electron chi connectivity index (χ0n) is 15.1. The van der Waals surface area contributed by atoms with E-state index in [-0.39, 0.29) is 5.91 Å². The third kappa shape index (κ3) is 17.5. The highest BCUT2D eigenvalue weighted by molar-refractivity contribution is 5.72. The van der Waals surface area contributed by atoms with Crippen molar-refractivity contribution >= 4 is 5.91 Å². The lowest BCUT2D eigenvalue weighted by Crippen LogP contribution is -2.28. The fourth-order valence-electron chi connectivity index (χ4n) is 1.54. The lowest BCUT2D eigenvalue weighted by molar-refractivity contribution is -0.128. The molecule has 1 amide bonds. The Kier molecular flexibility index (Phi) is 15.6. The van der Waals surface area contributed by atoms with E-state index in [1.54, 1.807) is 11.9 Å². The second-order valence-electron chi connectivity index (χ2n) is 5.50. The van der Waals surface area contributed by atoms with E-state index in [2.05, 4.69) is 19.2 Å². The number of carbonyl (C=O) groups excluding carboxylic acids is 1. The molecule has 0 unspecified atom stereocenters. The van der Waals surface area contributed by atoms with Crippen LogP contribution in [0.1, 0.15) is 20.8 Å². The van der Waals surface area contributed by atoms with Crippen LogP contribution >= 0.6 is 0 Å². The highest BCUT2D eigenvalue weighted by Crippen LogP contribution is 1.86. The number of carbonyl (C=O) groups is 1. The van der Waals surface area contributed by atoms with Gasteiger partial charge in [-0.1, -0.05) is 13.8 Å². The van der Waals surface area contributed by atoms with E-state index < -0.39 is 0 Å². The lowest BCUT2D eigenvalue weighted by atomic mass is 10.4. The van der Waals surface area contributed by atoms with Crippen molar-refractivity contribution in [2.45, 2.75) is 26.8 Å². The van der Waals surface area contributed by atoms with Gasteiger partial charge < -0.3 is 29.2 Å². The molecule has 0 aliphatic carbocycles. The highest BCUT2D eigenvalue weighted by Gasteiger charge is 2.00. The molecule has 1 N–H and O–H groups in total. The number of rotatable bonds is 16. The zero-order valence-corrected chi connectivity index (χ0v) is 15.1. The molecule has 0 radical (unpaired) electrons. The van der Waals surface area contributed by atoms with Crippen molar-refractivity contribution in [1.29, 1.82) is 0 Å². The van der Waals surface area contributed by atoms with Crippen molar-refractivity contribution in [2.75, 3.05) is 73.0 Å². The van der Waals surface area contributed by atoms with Crippen LogP contribution in [0.4, 0.5) is 0 Å². The molecule has 138 valence electrons. The number of hydrogen-bond acceptors (Lipinski definition) is 6. The smallest absolute Gasteiger partial charge is 0.219 e. The third-order valence-electron chi connectivity index (χ3n) is 3.02. The summed E-state index contributed by atoms with van der Waals surface area (Å²) in [6, 6.07) is 0.492. The number of likely N-dealkylation sites (N-methyl/N-ethyl adjacent to an activating group) is 1. The fraction of sp³-hybridized carbons (Fsp3) is 0.938. The first-order chi connectivity index (χ1) is 11.0. The summed E-state index contributed by atoms with van der Waals surface area (Å²) < 4.78 is 21.6. The Hall–Kier alpha value is -0.730. The molecule has 0 aromatic heterocycles. The Morgan fingerprint density at radius 3 is 1.74 bits per heavy atom. The van der Waals surface area contributed by atoms with E-state index in [9.17, 15) is 4.79 Å². The van der Waals surface area contributed by atoms with Crippen LogP contribution in [0, 0.1) is 0 Å². The lowest BCUT2D eigenvalue weighted by Gasteiger charge is -2.14. The largest absolute Gasteiger partial charge is 0.378 e. The maximum Gasteiger partial charge on any atom is 0.219 e. The summed E-state index contributed by atoms with van der Waals surface area (Å²) in [5.41, 5.74) is 0. The predicted molar refractivity (Wildman–Crippen MR) is 89.7 cm³/mol. The highest BCUT2D eigenvalue weighted by atomic mass is 16.6. The number of nitrogens with one attached hydrogen (secondary N) is 1. The van der Waals surface area contributed by atoms with Crippen LogP contribution in [0.3, 0.4) is 0 Å². The van der Waals surface area contributed by atoms with E-state index in [1.165, 1.54) is 6.92 Å². The standard InChI is InChI=1S/C16H34N2O5/c1-15(2)17-5-7-20-9-11-22-13-14-23-12-10-21-8-6-18(4)16(3)19/h15,17H,5-14H2,1-4H3. The first-order valence-electron chi connectivity index (χ1n) is 8.30. The topological polar surface area (TPSA) is 69.3 Å². The fourth-order valence-corrected chi connectivity index (χ4v) is 1.54. The minimum absolute atomic E-state index is 0.0437. The molecule has 23 heavy (non-hydrogen) atoms. The number of amides is 1. The van der Waals surface area contributed by atoms with E-state index >= 15 is 0 Å². The van der Waals surface area contributed by atoms with Crippen LogP contribution < -0.4 is 5.32 Å². The van der Waals surface area contributed by atoms with Gasteiger partial charge in [0.15, 0.2) is 0 Å². The molecule has 0 rings (SSSR count). The van der Waals surface area contributed by atoms with Gasteiger partial charge in [0.2, 0.25) is 5.91 Å². The van der Waals surface area contributed by atoms with Crippen molar-refractivity contribution in [1.82, 2.24) is 10.2 Å². The van der Waals surface area contributed by atoms with Crippen LogP contribution in [0.2, 0.25) is 0 Å². The maximum absolute atomic E-state index is 11.0. The average molecular weight is 334 g/mol. The molecule has 0 heterocycles. The molecule has 0 spiro atoms. The second-order valence-corrected chi connectivity index (χ2v) is 5.50. The second kappa shape index (κ2) is 16.1. The minimum Gasteiger partial charge on any atom is -0.378 e. The zero-order chi connectivity index (χ0) is 17.3. The monoisotopic (exact) mass is 334 g/mol. The van der Waals surface area contributed by atoms with Gasteiger partial charge in [0, 0.05) is 33.1 Å². The normalized spacial score (nSPS) is 11.2. The summed E-state index contributed by atoms with van der Waals surface area (Å²) in [5.74, 6) is 0.0437. The SMILES string of the molecule is CC(=O)N(C)CCOCCOCCOCCOCCNC(C)C. The van der Waals surface area contributed by atoms with Gasteiger partial charge in [-0.15, -0.1) is 0 Å². The molecule has 0 aromatic carbocycles. The molecule has 0 aliphatic rings. The summed E-state index contributed by atoms with van der Waals surface area (Å²) in [5, 5.41) is 3.28. The van der Waals surface area contributed by atoms with Crippen LogP contribution in [-0.2, 0) is 23.7 Å². The first kappa shape index (κ1) is 22.3. The number of nitrogens with zero attached hydrogens (tertiary/aromatic N) is 1. The van der Waals surface area contributed by atoms with Gasteiger partial charge in [-0.3, -0.25) is 4.79 Å².